The molecule has 4 aromatic rings. The van der Waals surface area contributed by atoms with Gasteiger partial charge in [-0.15, -0.1) is 10.2 Å². The number of para-hydroxylation sites is 1. The van der Waals surface area contributed by atoms with Gasteiger partial charge in [0.2, 0.25) is 0 Å². The number of carbonyl (C=O) groups excluding carboxylic acids is 1. The van der Waals surface area contributed by atoms with Gasteiger partial charge in [0.1, 0.15) is 5.58 Å². The molecule has 1 fully saturated rings. The number of aromatic nitrogens is 3. The summed E-state index contributed by atoms with van der Waals surface area (Å²) in [5.74, 6) is 1.15. The molecule has 1 aromatic carbocycles. The van der Waals surface area contributed by atoms with Crippen molar-refractivity contribution >= 4 is 34.2 Å². The SMILES string of the molecule is O=C(c1cc(=O)c2ccccc2o1)N1CCN(c2ccc(Nc3cccnc3)nn2)CC1. The molecule has 9 heteroatoms. The molecule has 0 atom stereocenters. The number of nitrogens with zero attached hydrogens (tertiary/aromatic N) is 5. The summed E-state index contributed by atoms with van der Waals surface area (Å²) in [6, 6.07) is 15.7. The zero-order valence-electron chi connectivity index (χ0n) is 17.1. The van der Waals surface area contributed by atoms with E-state index < -0.39 is 0 Å². The zero-order chi connectivity index (χ0) is 21.9. The standard InChI is InChI=1S/C23H20N6O3/c30-18-14-20(32-19-6-2-1-5-17(18)19)23(31)29-12-10-28(11-13-29)22-8-7-21(26-27-22)25-16-4-3-9-24-15-16/h1-9,14-15H,10-13H2,(H,25,26). The highest BCUT2D eigenvalue weighted by molar-refractivity contribution is 5.93. The van der Waals surface area contributed by atoms with Crippen LogP contribution in [0.5, 0.6) is 0 Å². The lowest BCUT2D eigenvalue weighted by atomic mass is 10.2. The van der Waals surface area contributed by atoms with Crippen molar-refractivity contribution in [1.29, 1.82) is 0 Å². The number of hydrogen-bond acceptors (Lipinski definition) is 8. The van der Waals surface area contributed by atoms with E-state index in [1.807, 2.05) is 24.3 Å². The van der Waals surface area contributed by atoms with Crippen LogP contribution in [-0.4, -0.2) is 52.2 Å². The summed E-state index contributed by atoms with van der Waals surface area (Å²) in [4.78, 5) is 33.0. The van der Waals surface area contributed by atoms with Gasteiger partial charge in [-0.05, 0) is 36.4 Å². The fourth-order valence-electron chi connectivity index (χ4n) is 3.65. The van der Waals surface area contributed by atoms with E-state index in [2.05, 4.69) is 25.4 Å². The van der Waals surface area contributed by atoms with Crippen molar-refractivity contribution in [2.24, 2.45) is 0 Å². The molecular weight excluding hydrogens is 408 g/mol. The molecule has 1 N–H and O–H groups in total. The van der Waals surface area contributed by atoms with E-state index in [0.29, 0.717) is 43.0 Å². The smallest absolute Gasteiger partial charge is 0.289 e. The van der Waals surface area contributed by atoms with Gasteiger partial charge in [-0.3, -0.25) is 14.6 Å². The number of benzene rings is 1. The number of fused-ring (bicyclic) bond motifs is 1. The highest BCUT2D eigenvalue weighted by Gasteiger charge is 2.25. The van der Waals surface area contributed by atoms with E-state index in [-0.39, 0.29) is 17.1 Å². The van der Waals surface area contributed by atoms with Crippen molar-refractivity contribution in [3.05, 3.63) is 83.0 Å². The average Bonchev–Trinajstić information content (AvgIpc) is 2.85. The number of nitrogens with one attached hydrogen (secondary N) is 1. The maximum absolute atomic E-state index is 12.9. The Balaban J connectivity index is 1.23. The van der Waals surface area contributed by atoms with Crippen LogP contribution in [0.1, 0.15) is 10.6 Å². The number of rotatable bonds is 4. The lowest BCUT2D eigenvalue weighted by Gasteiger charge is -2.34. The Hall–Kier alpha value is -4.27. The van der Waals surface area contributed by atoms with Crippen molar-refractivity contribution < 1.29 is 9.21 Å². The number of piperazine rings is 1. The van der Waals surface area contributed by atoms with E-state index in [9.17, 15) is 9.59 Å². The second-order valence-corrected chi connectivity index (χ2v) is 7.39. The van der Waals surface area contributed by atoms with Gasteiger partial charge < -0.3 is 19.5 Å². The van der Waals surface area contributed by atoms with Gasteiger partial charge in [-0.1, -0.05) is 12.1 Å². The van der Waals surface area contributed by atoms with Crippen molar-refractivity contribution in [2.45, 2.75) is 0 Å². The number of pyridine rings is 1. The van der Waals surface area contributed by atoms with Crippen LogP contribution in [0.3, 0.4) is 0 Å². The van der Waals surface area contributed by atoms with Crippen molar-refractivity contribution in [3.63, 3.8) is 0 Å². The monoisotopic (exact) mass is 428 g/mol. The minimum atomic E-state index is -0.283. The minimum absolute atomic E-state index is 0.0628. The molecule has 0 saturated carbocycles. The molecule has 1 saturated heterocycles. The molecule has 0 spiro atoms. The van der Waals surface area contributed by atoms with E-state index in [0.717, 1.165) is 11.5 Å². The highest BCUT2D eigenvalue weighted by Crippen LogP contribution is 2.19. The Labute approximate surface area is 183 Å². The summed E-state index contributed by atoms with van der Waals surface area (Å²) in [7, 11) is 0. The Bertz CT molecular complexity index is 1300. The fourth-order valence-corrected chi connectivity index (χ4v) is 3.65. The summed E-state index contributed by atoms with van der Waals surface area (Å²) in [6.45, 7) is 2.20. The second-order valence-electron chi connectivity index (χ2n) is 7.39. The number of amides is 1. The van der Waals surface area contributed by atoms with E-state index in [1.54, 1.807) is 41.6 Å². The summed E-state index contributed by atoms with van der Waals surface area (Å²) in [6.07, 6.45) is 3.42. The summed E-state index contributed by atoms with van der Waals surface area (Å²) >= 11 is 0. The molecule has 5 rings (SSSR count). The maximum atomic E-state index is 12.9. The van der Waals surface area contributed by atoms with Crippen LogP contribution in [0.15, 0.2) is 76.2 Å². The normalized spacial score (nSPS) is 13.9. The van der Waals surface area contributed by atoms with Crippen LogP contribution in [0.4, 0.5) is 17.3 Å². The Morgan fingerprint density at radius 1 is 0.969 bits per heavy atom. The largest absolute Gasteiger partial charge is 0.451 e. The van der Waals surface area contributed by atoms with Crippen LogP contribution in [0, 0.1) is 0 Å². The first-order valence-corrected chi connectivity index (χ1v) is 10.3. The van der Waals surface area contributed by atoms with Gasteiger partial charge in [-0.25, -0.2) is 0 Å². The quantitative estimate of drug-likeness (QED) is 0.529. The lowest BCUT2D eigenvalue weighted by Crippen LogP contribution is -2.49. The third kappa shape index (κ3) is 4.00. The predicted octanol–water partition coefficient (Wildman–Crippen LogP) is 2.68. The molecular formula is C23H20N6O3. The van der Waals surface area contributed by atoms with Crippen LogP contribution in [0.2, 0.25) is 0 Å². The molecule has 9 nitrogen and oxygen atoms in total. The molecule has 0 aliphatic carbocycles. The number of hydrogen-bond donors (Lipinski definition) is 1. The molecule has 0 bridgehead atoms. The van der Waals surface area contributed by atoms with E-state index >= 15 is 0 Å². The van der Waals surface area contributed by atoms with Crippen LogP contribution < -0.4 is 15.6 Å². The predicted molar refractivity (Wildman–Crippen MR) is 120 cm³/mol. The van der Waals surface area contributed by atoms with Gasteiger partial charge in [0.25, 0.3) is 5.91 Å². The van der Waals surface area contributed by atoms with Crippen molar-refractivity contribution in [3.8, 4) is 0 Å². The molecule has 1 aliphatic heterocycles. The van der Waals surface area contributed by atoms with E-state index in [4.69, 9.17) is 4.42 Å². The number of carbonyl (C=O) groups is 1. The molecule has 0 unspecified atom stereocenters. The molecule has 0 radical (unpaired) electrons. The van der Waals surface area contributed by atoms with Gasteiger partial charge in [-0.2, -0.15) is 0 Å². The van der Waals surface area contributed by atoms with Crippen LogP contribution >= 0.6 is 0 Å². The molecule has 160 valence electrons. The zero-order valence-corrected chi connectivity index (χ0v) is 17.1. The lowest BCUT2D eigenvalue weighted by molar-refractivity contribution is 0.0715. The van der Waals surface area contributed by atoms with Crippen LogP contribution in [-0.2, 0) is 0 Å². The third-order valence-electron chi connectivity index (χ3n) is 5.32. The number of anilines is 3. The van der Waals surface area contributed by atoms with Crippen molar-refractivity contribution in [1.82, 2.24) is 20.1 Å². The Morgan fingerprint density at radius 2 is 1.81 bits per heavy atom. The Morgan fingerprint density at radius 3 is 2.56 bits per heavy atom. The molecule has 4 heterocycles. The molecule has 1 amide bonds. The molecule has 32 heavy (non-hydrogen) atoms. The molecule has 3 aromatic heterocycles. The van der Waals surface area contributed by atoms with Gasteiger partial charge in [0.05, 0.1) is 17.3 Å². The van der Waals surface area contributed by atoms with Gasteiger partial charge >= 0.3 is 0 Å². The van der Waals surface area contributed by atoms with Gasteiger partial charge in [0.15, 0.2) is 22.8 Å². The van der Waals surface area contributed by atoms with Crippen LogP contribution in [0.25, 0.3) is 11.0 Å². The summed E-state index contributed by atoms with van der Waals surface area (Å²) in [5, 5.41) is 12.1. The first kappa shape index (κ1) is 19.7. The van der Waals surface area contributed by atoms with Gasteiger partial charge in [0, 0.05) is 38.4 Å². The first-order chi connectivity index (χ1) is 15.7. The average molecular weight is 428 g/mol. The van der Waals surface area contributed by atoms with E-state index in [1.165, 1.54) is 6.07 Å². The topological polar surface area (TPSA) is 104 Å². The van der Waals surface area contributed by atoms with Crippen molar-refractivity contribution in [2.75, 3.05) is 36.4 Å². The minimum Gasteiger partial charge on any atom is -0.451 e. The Kier molecular flexibility index (Phi) is 5.20. The first-order valence-electron chi connectivity index (χ1n) is 10.3. The third-order valence-corrected chi connectivity index (χ3v) is 5.32. The summed E-state index contributed by atoms with van der Waals surface area (Å²) in [5.41, 5.74) is 1.03. The summed E-state index contributed by atoms with van der Waals surface area (Å²) < 4.78 is 5.69. The maximum Gasteiger partial charge on any atom is 0.289 e. The fraction of sp³-hybridized carbons (Fsp3) is 0.174. The highest BCUT2D eigenvalue weighted by atomic mass is 16.3. The second kappa shape index (κ2) is 8.46. The molecule has 1 aliphatic rings.